The largest absolute Gasteiger partial charge is 0.487 e. The highest BCUT2D eigenvalue weighted by Gasteiger charge is 2.27. The van der Waals surface area contributed by atoms with Crippen molar-refractivity contribution in [1.82, 2.24) is 0 Å². The number of carbonyl (C=O) groups is 1. The van der Waals surface area contributed by atoms with E-state index in [-0.39, 0.29) is 11.6 Å². The van der Waals surface area contributed by atoms with E-state index in [4.69, 9.17) is 4.74 Å². The number of nitro groups is 1. The first-order valence-electron chi connectivity index (χ1n) is 6.77. The van der Waals surface area contributed by atoms with Gasteiger partial charge in [-0.25, -0.2) is 0 Å². The lowest BCUT2D eigenvalue weighted by atomic mass is 9.98. The van der Waals surface area contributed by atoms with Crippen LogP contribution in [0.4, 0.5) is 11.4 Å². The maximum absolute atomic E-state index is 11.3. The summed E-state index contributed by atoms with van der Waals surface area (Å²) in [6, 6.07) is 5.12. The second-order valence-electron chi connectivity index (χ2n) is 4.77. The smallest absolute Gasteiger partial charge is 0.333 e. The third-order valence-corrected chi connectivity index (χ3v) is 3.53. The molecule has 0 N–H and O–H groups in total. The Morgan fingerprint density at radius 2 is 2.15 bits per heavy atom. The molecular weight excluding hydrogens is 260 g/mol. The normalized spacial score (nSPS) is 15.9. The zero-order chi connectivity index (χ0) is 14.5. The lowest BCUT2D eigenvalue weighted by Crippen LogP contribution is -2.34. The number of hydrogen-bond donors (Lipinski definition) is 0. The predicted octanol–water partition coefficient (Wildman–Crippen LogP) is 2.41. The lowest BCUT2D eigenvalue weighted by molar-refractivity contribution is -0.385. The number of para-hydroxylation sites is 1. The van der Waals surface area contributed by atoms with Crippen LogP contribution in [0.15, 0.2) is 18.2 Å². The number of hydrogen-bond acceptors (Lipinski definition) is 5. The first-order chi connectivity index (χ1) is 9.67. The van der Waals surface area contributed by atoms with Crippen LogP contribution in [0.3, 0.4) is 0 Å². The Labute approximate surface area is 117 Å². The van der Waals surface area contributed by atoms with Crippen molar-refractivity contribution in [2.24, 2.45) is 5.92 Å². The van der Waals surface area contributed by atoms with E-state index in [0.717, 1.165) is 19.1 Å². The molecular formula is C14H18N2O4. The van der Waals surface area contributed by atoms with Crippen LogP contribution in [0.2, 0.25) is 0 Å². The van der Waals surface area contributed by atoms with Gasteiger partial charge in [0.2, 0.25) is 0 Å². The van der Waals surface area contributed by atoms with E-state index in [1.54, 1.807) is 25.1 Å². The van der Waals surface area contributed by atoms with Crippen LogP contribution in [0.25, 0.3) is 0 Å². The van der Waals surface area contributed by atoms with Gasteiger partial charge < -0.3 is 14.4 Å². The Morgan fingerprint density at radius 3 is 2.70 bits per heavy atom. The Balaban J connectivity index is 2.29. The first-order valence-corrected chi connectivity index (χ1v) is 6.77. The van der Waals surface area contributed by atoms with Crippen LogP contribution in [0, 0.1) is 16.0 Å². The topological polar surface area (TPSA) is 72.7 Å². The fraction of sp³-hybridized carbons (Fsp3) is 0.500. The predicted molar refractivity (Wildman–Crippen MR) is 75.3 cm³/mol. The minimum atomic E-state index is -0.397. The van der Waals surface area contributed by atoms with E-state index >= 15 is 0 Å². The standard InChI is InChI=1S/C14H18N2O4/c1-2-20-13-5-3-4-12(14(13)16(18)19)15-8-6-11(10-17)7-9-15/h3-5,10-11H,2,6-9H2,1H3. The number of piperidine rings is 1. The van der Waals surface area contributed by atoms with E-state index < -0.39 is 4.92 Å². The summed E-state index contributed by atoms with van der Waals surface area (Å²) in [5.74, 6) is 0.368. The summed E-state index contributed by atoms with van der Waals surface area (Å²) in [6.45, 7) is 3.49. The van der Waals surface area contributed by atoms with Crippen molar-refractivity contribution in [2.45, 2.75) is 19.8 Å². The highest BCUT2D eigenvalue weighted by molar-refractivity contribution is 5.70. The summed E-state index contributed by atoms with van der Waals surface area (Å²) in [5, 5.41) is 11.3. The number of nitro benzene ring substituents is 1. The number of rotatable bonds is 5. The van der Waals surface area contributed by atoms with E-state index in [1.165, 1.54) is 0 Å². The van der Waals surface area contributed by atoms with Gasteiger partial charge in [-0.15, -0.1) is 0 Å². The molecule has 1 fully saturated rings. The number of benzene rings is 1. The average Bonchev–Trinajstić information content (AvgIpc) is 2.47. The zero-order valence-corrected chi connectivity index (χ0v) is 11.4. The van der Waals surface area contributed by atoms with Gasteiger partial charge in [0.15, 0.2) is 5.75 Å². The maximum atomic E-state index is 11.3. The van der Waals surface area contributed by atoms with E-state index in [2.05, 4.69) is 0 Å². The van der Waals surface area contributed by atoms with Crippen LogP contribution in [-0.2, 0) is 4.79 Å². The highest BCUT2D eigenvalue weighted by Crippen LogP contribution is 2.38. The molecule has 0 unspecified atom stereocenters. The van der Waals surface area contributed by atoms with Crippen LogP contribution < -0.4 is 9.64 Å². The van der Waals surface area contributed by atoms with Crippen molar-refractivity contribution >= 4 is 17.7 Å². The fourth-order valence-corrected chi connectivity index (χ4v) is 2.50. The number of carbonyl (C=O) groups excluding carboxylic acids is 1. The summed E-state index contributed by atoms with van der Waals surface area (Å²) in [4.78, 5) is 23.7. The number of nitrogens with zero attached hydrogens (tertiary/aromatic N) is 2. The molecule has 108 valence electrons. The monoisotopic (exact) mass is 278 g/mol. The molecule has 20 heavy (non-hydrogen) atoms. The quantitative estimate of drug-likeness (QED) is 0.470. The van der Waals surface area contributed by atoms with Gasteiger partial charge >= 0.3 is 5.69 Å². The molecule has 1 heterocycles. The number of aldehydes is 1. The van der Waals surface area contributed by atoms with Crippen LogP contribution in [-0.4, -0.2) is 30.9 Å². The van der Waals surface area contributed by atoms with Crippen molar-refractivity contribution in [1.29, 1.82) is 0 Å². The minimum Gasteiger partial charge on any atom is -0.487 e. The summed E-state index contributed by atoms with van der Waals surface area (Å²) in [6.07, 6.45) is 2.45. The molecule has 0 spiro atoms. The molecule has 0 saturated carbocycles. The first kappa shape index (κ1) is 14.3. The minimum absolute atomic E-state index is 0.0129. The average molecular weight is 278 g/mol. The third-order valence-electron chi connectivity index (χ3n) is 3.53. The Hall–Kier alpha value is -2.11. The Bertz CT molecular complexity index is 496. The molecule has 1 aliphatic rings. The molecule has 1 aromatic rings. The summed E-state index contributed by atoms with van der Waals surface area (Å²) >= 11 is 0. The molecule has 0 amide bonds. The molecule has 0 bridgehead atoms. The molecule has 6 nitrogen and oxygen atoms in total. The maximum Gasteiger partial charge on any atom is 0.333 e. The van der Waals surface area contributed by atoms with Crippen LogP contribution in [0.5, 0.6) is 5.75 Å². The molecule has 0 radical (unpaired) electrons. The third kappa shape index (κ3) is 2.89. The molecule has 0 aliphatic carbocycles. The van der Waals surface area contributed by atoms with Crippen molar-refractivity contribution in [2.75, 3.05) is 24.6 Å². The summed E-state index contributed by atoms with van der Waals surface area (Å²) in [7, 11) is 0. The van der Waals surface area contributed by atoms with Crippen molar-refractivity contribution in [3.05, 3.63) is 28.3 Å². The van der Waals surface area contributed by atoms with Gasteiger partial charge in [-0.3, -0.25) is 10.1 Å². The van der Waals surface area contributed by atoms with Crippen LogP contribution in [0.1, 0.15) is 19.8 Å². The second-order valence-corrected chi connectivity index (χ2v) is 4.77. The van der Waals surface area contributed by atoms with Gasteiger partial charge in [0.25, 0.3) is 0 Å². The summed E-state index contributed by atoms with van der Waals surface area (Å²) < 4.78 is 5.35. The lowest BCUT2D eigenvalue weighted by Gasteiger charge is -2.31. The Kier molecular flexibility index (Phi) is 4.55. The van der Waals surface area contributed by atoms with Gasteiger partial charge in [-0.05, 0) is 31.9 Å². The van der Waals surface area contributed by atoms with E-state index in [1.807, 2.05) is 4.90 Å². The SMILES string of the molecule is CCOc1cccc(N2CCC(C=O)CC2)c1[N+](=O)[O-]. The Morgan fingerprint density at radius 1 is 1.45 bits per heavy atom. The molecule has 0 aromatic heterocycles. The van der Waals surface area contributed by atoms with Crippen molar-refractivity contribution < 1.29 is 14.5 Å². The molecule has 6 heteroatoms. The molecule has 1 aliphatic heterocycles. The number of anilines is 1. The second kappa shape index (κ2) is 6.36. The van der Waals surface area contributed by atoms with Gasteiger partial charge in [0.1, 0.15) is 12.0 Å². The van der Waals surface area contributed by atoms with Crippen molar-refractivity contribution in [3.8, 4) is 5.75 Å². The van der Waals surface area contributed by atoms with E-state index in [0.29, 0.717) is 31.1 Å². The zero-order valence-electron chi connectivity index (χ0n) is 11.4. The fourth-order valence-electron chi connectivity index (χ4n) is 2.50. The summed E-state index contributed by atoms with van der Waals surface area (Å²) in [5.41, 5.74) is 0.587. The highest BCUT2D eigenvalue weighted by atomic mass is 16.6. The number of ether oxygens (including phenoxy) is 1. The van der Waals surface area contributed by atoms with Gasteiger partial charge in [0, 0.05) is 19.0 Å². The molecule has 1 aromatic carbocycles. The molecule has 0 atom stereocenters. The molecule has 1 saturated heterocycles. The van der Waals surface area contributed by atoms with Crippen LogP contribution >= 0.6 is 0 Å². The van der Waals surface area contributed by atoms with Gasteiger partial charge in [0.05, 0.1) is 11.5 Å². The van der Waals surface area contributed by atoms with Gasteiger partial charge in [-0.2, -0.15) is 0 Å². The molecule has 2 rings (SSSR count). The van der Waals surface area contributed by atoms with E-state index in [9.17, 15) is 14.9 Å². The van der Waals surface area contributed by atoms with Gasteiger partial charge in [-0.1, -0.05) is 6.07 Å². The van der Waals surface area contributed by atoms with Crippen molar-refractivity contribution in [3.63, 3.8) is 0 Å².